The molecule has 0 nitrogen and oxygen atoms in total. The minimum atomic E-state index is 0.0618. The SMILES string of the molecule is Cl[C@@]12CC[C@@H](C[C@@H]1c1ccc([C@@H]3C[C@H]4CC[C@]3(Cl)C4)cc1)C2. The molecule has 22 heavy (non-hydrogen) atoms. The Bertz CT molecular complexity index is 541. The molecule has 0 spiro atoms. The minimum Gasteiger partial charge on any atom is -0.119 e. The van der Waals surface area contributed by atoms with Crippen LogP contribution in [0.5, 0.6) is 0 Å². The van der Waals surface area contributed by atoms with Gasteiger partial charge in [-0.15, -0.1) is 23.2 Å². The average Bonchev–Trinajstić information content (AvgIpc) is 3.23. The topological polar surface area (TPSA) is 0 Å². The normalized spacial score (nSPS) is 49.2. The molecule has 118 valence electrons. The van der Waals surface area contributed by atoms with Gasteiger partial charge in [-0.2, -0.15) is 0 Å². The number of benzene rings is 1. The Morgan fingerprint density at radius 1 is 0.727 bits per heavy atom. The maximum atomic E-state index is 6.92. The van der Waals surface area contributed by atoms with Crippen LogP contribution in [0.4, 0.5) is 0 Å². The van der Waals surface area contributed by atoms with Crippen molar-refractivity contribution >= 4 is 23.2 Å². The Hall–Kier alpha value is -0.200. The van der Waals surface area contributed by atoms with Crippen molar-refractivity contribution in [2.24, 2.45) is 11.8 Å². The molecule has 4 saturated carbocycles. The molecule has 0 aromatic heterocycles. The lowest BCUT2D eigenvalue weighted by Gasteiger charge is -2.31. The van der Waals surface area contributed by atoms with E-state index >= 15 is 0 Å². The van der Waals surface area contributed by atoms with E-state index in [0.717, 1.165) is 11.8 Å². The van der Waals surface area contributed by atoms with Gasteiger partial charge >= 0.3 is 0 Å². The smallest absolute Gasteiger partial charge is 0.0518 e. The van der Waals surface area contributed by atoms with Gasteiger partial charge in [0.15, 0.2) is 0 Å². The highest BCUT2D eigenvalue weighted by atomic mass is 35.5. The van der Waals surface area contributed by atoms with E-state index in [0.29, 0.717) is 11.8 Å². The first-order valence-corrected chi connectivity index (χ1v) is 9.79. The number of hydrogen-bond donors (Lipinski definition) is 0. The van der Waals surface area contributed by atoms with Crippen molar-refractivity contribution in [3.05, 3.63) is 35.4 Å². The van der Waals surface area contributed by atoms with Crippen LogP contribution in [0.25, 0.3) is 0 Å². The average molecular weight is 335 g/mol. The van der Waals surface area contributed by atoms with Gasteiger partial charge in [0.1, 0.15) is 0 Å². The fourth-order valence-electron chi connectivity index (χ4n) is 6.21. The Morgan fingerprint density at radius 2 is 1.14 bits per heavy atom. The highest BCUT2D eigenvalue weighted by Crippen LogP contribution is 2.61. The van der Waals surface area contributed by atoms with E-state index in [1.165, 1.54) is 62.5 Å². The molecule has 0 N–H and O–H groups in total. The van der Waals surface area contributed by atoms with Gasteiger partial charge in [-0.25, -0.2) is 0 Å². The van der Waals surface area contributed by atoms with E-state index in [1.54, 1.807) is 0 Å². The van der Waals surface area contributed by atoms with Crippen LogP contribution in [0, 0.1) is 11.8 Å². The van der Waals surface area contributed by atoms with Crippen molar-refractivity contribution in [2.75, 3.05) is 0 Å². The van der Waals surface area contributed by atoms with E-state index < -0.39 is 0 Å². The van der Waals surface area contributed by atoms with E-state index in [4.69, 9.17) is 23.2 Å². The summed E-state index contributed by atoms with van der Waals surface area (Å²) in [7, 11) is 0. The molecule has 0 aliphatic heterocycles. The van der Waals surface area contributed by atoms with Gasteiger partial charge in [0.2, 0.25) is 0 Å². The molecule has 0 amide bonds. The van der Waals surface area contributed by atoms with Crippen LogP contribution in [0.3, 0.4) is 0 Å². The van der Waals surface area contributed by atoms with Gasteiger partial charge in [0, 0.05) is 11.8 Å². The number of rotatable bonds is 2. The van der Waals surface area contributed by atoms with Crippen LogP contribution in [0.1, 0.15) is 74.3 Å². The van der Waals surface area contributed by atoms with E-state index in [1.807, 2.05) is 0 Å². The molecule has 0 heterocycles. The largest absolute Gasteiger partial charge is 0.119 e. The molecule has 1 aromatic carbocycles. The molecule has 0 radical (unpaired) electrons. The molecule has 4 fully saturated rings. The Kier molecular flexibility index (Phi) is 3.01. The monoisotopic (exact) mass is 334 g/mol. The maximum Gasteiger partial charge on any atom is 0.0518 e. The van der Waals surface area contributed by atoms with Crippen molar-refractivity contribution in [2.45, 2.75) is 73.0 Å². The molecule has 0 saturated heterocycles. The highest BCUT2D eigenvalue weighted by Gasteiger charge is 2.52. The third kappa shape index (κ3) is 1.96. The van der Waals surface area contributed by atoms with Gasteiger partial charge in [0.25, 0.3) is 0 Å². The van der Waals surface area contributed by atoms with E-state index in [2.05, 4.69) is 24.3 Å². The third-order valence-electron chi connectivity index (χ3n) is 7.32. The van der Waals surface area contributed by atoms with Crippen molar-refractivity contribution in [1.29, 1.82) is 0 Å². The molecule has 1 aromatic rings. The zero-order chi connectivity index (χ0) is 14.9. The van der Waals surface area contributed by atoms with Gasteiger partial charge in [-0.05, 0) is 74.3 Å². The van der Waals surface area contributed by atoms with Crippen molar-refractivity contribution in [3.8, 4) is 0 Å². The van der Waals surface area contributed by atoms with Crippen LogP contribution in [0.2, 0.25) is 0 Å². The third-order valence-corrected chi connectivity index (χ3v) is 8.53. The standard InChI is InChI=1S/C20H24Cl2/c21-19-7-5-13(11-19)9-17(19)15-1-2-16(4-3-15)18-10-14-6-8-20(18,22)12-14/h1-4,13-14,17-18H,5-12H2/t13-,14+,17+,18-,19+,20-. The molecule has 6 atom stereocenters. The summed E-state index contributed by atoms with van der Waals surface area (Å²) in [5, 5.41) is 0. The number of fused-ring (bicyclic) bond motifs is 4. The summed E-state index contributed by atoms with van der Waals surface area (Å²) in [6.45, 7) is 0. The van der Waals surface area contributed by atoms with Crippen molar-refractivity contribution < 1.29 is 0 Å². The number of hydrogen-bond acceptors (Lipinski definition) is 0. The second-order valence-corrected chi connectivity index (χ2v) is 10.0. The molecular weight excluding hydrogens is 311 g/mol. The predicted molar refractivity (Wildman–Crippen MR) is 93.0 cm³/mol. The van der Waals surface area contributed by atoms with Crippen LogP contribution in [0.15, 0.2) is 24.3 Å². The van der Waals surface area contributed by atoms with Crippen LogP contribution in [-0.2, 0) is 0 Å². The molecule has 4 aliphatic rings. The summed E-state index contributed by atoms with van der Waals surface area (Å²) in [5.41, 5.74) is 2.93. The lowest BCUT2D eigenvalue weighted by Crippen LogP contribution is -2.25. The van der Waals surface area contributed by atoms with Gasteiger partial charge in [-0.3, -0.25) is 0 Å². The van der Waals surface area contributed by atoms with Crippen molar-refractivity contribution in [3.63, 3.8) is 0 Å². The van der Waals surface area contributed by atoms with E-state index in [9.17, 15) is 0 Å². The first kappa shape index (κ1) is 14.2. The molecule has 4 aliphatic carbocycles. The minimum absolute atomic E-state index is 0.0618. The van der Waals surface area contributed by atoms with E-state index in [-0.39, 0.29) is 9.75 Å². The lowest BCUT2D eigenvalue weighted by molar-refractivity contribution is 0.436. The van der Waals surface area contributed by atoms with Crippen LogP contribution < -0.4 is 0 Å². The zero-order valence-electron chi connectivity index (χ0n) is 13.0. The summed E-state index contributed by atoms with van der Waals surface area (Å²) in [6, 6.07) is 9.43. The maximum absolute atomic E-state index is 6.92. The summed E-state index contributed by atoms with van der Waals surface area (Å²) < 4.78 is 0. The first-order valence-electron chi connectivity index (χ1n) is 9.03. The fourth-order valence-corrected chi connectivity index (χ4v) is 7.30. The van der Waals surface area contributed by atoms with Gasteiger partial charge in [-0.1, -0.05) is 24.3 Å². The summed E-state index contributed by atoms with van der Waals surface area (Å²) in [4.78, 5) is 0.124. The lowest BCUT2D eigenvalue weighted by atomic mass is 9.80. The quantitative estimate of drug-likeness (QED) is 0.563. The van der Waals surface area contributed by atoms with Crippen molar-refractivity contribution in [1.82, 2.24) is 0 Å². The molecular formula is C20H24Cl2. The number of halogens is 2. The van der Waals surface area contributed by atoms with Crippen LogP contribution >= 0.6 is 23.2 Å². The Morgan fingerprint density at radius 3 is 1.41 bits per heavy atom. The van der Waals surface area contributed by atoms with Gasteiger partial charge < -0.3 is 0 Å². The Balaban J connectivity index is 1.40. The zero-order valence-corrected chi connectivity index (χ0v) is 14.5. The second kappa shape index (κ2) is 4.67. The van der Waals surface area contributed by atoms with Crippen LogP contribution in [-0.4, -0.2) is 9.75 Å². The second-order valence-electron chi connectivity index (χ2n) is 8.53. The first-order chi connectivity index (χ1) is 10.6. The summed E-state index contributed by atoms with van der Waals surface area (Å²) in [6.07, 6.45) is 10.2. The Labute approximate surface area is 143 Å². The summed E-state index contributed by atoms with van der Waals surface area (Å²) >= 11 is 13.8. The number of alkyl halides is 2. The molecule has 5 rings (SSSR count). The molecule has 2 heteroatoms. The predicted octanol–water partition coefficient (Wildman–Crippen LogP) is 6.22. The highest BCUT2D eigenvalue weighted by molar-refractivity contribution is 6.25. The fraction of sp³-hybridized carbons (Fsp3) is 0.700. The summed E-state index contributed by atoms with van der Waals surface area (Å²) in [5.74, 6) is 2.90. The molecule has 4 bridgehead atoms. The molecule has 0 unspecified atom stereocenters. The van der Waals surface area contributed by atoms with Gasteiger partial charge in [0.05, 0.1) is 9.75 Å².